The lowest BCUT2D eigenvalue weighted by molar-refractivity contribution is -0.487. The fourth-order valence-electron chi connectivity index (χ4n) is 1.81. The molecule has 6 heteroatoms. The zero-order valence-corrected chi connectivity index (χ0v) is 12.6. The summed E-state index contributed by atoms with van der Waals surface area (Å²) in [6, 6.07) is 10.0. The molecule has 0 aliphatic carbocycles. The van der Waals surface area contributed by atoms with Crippen molar-refractivity contribution in [1.82, 2.24) is 0 Å². The fraction of sp³-hybridized carbons (Fsp3) is 0.429. The smallest absolute Gasteiger partial charge is 0.374 e. The summed E-state index contributed by atoms with van der Waals surface area (Å²) < 4.78 is 2.11. The lowest BCUT2D eigenvalue weighted by Gasteiger charge is -2.17. The molecule has 0 saturated heterocycles. The van der Waals surface area contributed by atoms with Crippen molar-refractivity contribution in [3.63, 3.8) is 0 Å². The molecule has 0 amide bonds. The fourth-order valence-corrected chi connectivity index (χ4v) is 2.76. The SMILES string of the molecule is CN(CCC#N)c1ccc(N=NC2=[N+](C)CCS2)cc1. The molecule has 0 saturated carbocycles. The molecule has 1 heterocycles. The molecule has 0 aromatic heterocycles. The van der Waals surface area contributed by atoms with Crippen LogP contribution in [0, 0.1) is 11.3 Å². The zero-order chi connectivity index (χ0) is 14.4. The van der Waals surface area contributed by atoms with Gasteiger partial charge in [-0.3, -0.25) is 4.58 Å². The van der Waals surface area contributed by atoms with Gasteiger partial charge in [-0.1, -0.05) is 0 Å². The molecule has 1 aromatic rings. The van der Waals surface area contributed by atoms with Crippen molar-refractivity contribution < 1.29 is 4.58 Å². The van der Waals surface area contributed by atoms with Crippen molar-refractivity contribution in [2.45, 2.75) is 6.42 Å². The molecule has 1 aliphatic rings. The van der Waals surface area contributed by atoms with Crippen molar-refractivity contribution in [2.24, 2.45) is 10.2 Å². The largest absolute Gasteiger partial charge is 0.381 e. The average molecular weight is 288 g/mol. The van der Waals surface area contributed by atoms with Gasteiger partial charge in [-0.05, 0) is 41.1 Å². The van der Waals surface area contributed by atoms with E-state index in [0.717, 1.165) is 35.4 Å². The van der Waals surface area contributed by atoms with Gasteiger partial charge in [0.15, 0.2) is 0 Å². The van der Waals surface area contributed by atoms with E-state index < -0.39 is 0 Å². The molecule has 0 radical (unpaired) electrons. The van der Waals surface area contributed by atoms with Crippen LogP contribution in [0.5, 0.6) is 0 Å². The molecule has 104 valence electrons. The maximum Gasteiger partial charge on any atom is 0.381 e. The van der Waals surface area contributed by atoms with Crippen molar-refractivity contribution in [1.29, 1.82) is 5.26 Å². The number of nitrogens with zero attached hydrogens (tertiary/aromatic N) is 5. The molecule has 0 atom stereocenters. The molecular weight excluding hydrogens is 270 g/mol. The van der Waals surface area contributed by atoms with Gasteiger partial charge in [-0.15, -0.1) is 0 Å². The van der Waals surface area contributed by atoms with E-state index in [9.17, 15) is 0 Å². The number of nitriles is 1. The number of hydrogen-bond donors (Lipinski definition) is 0. The summed E-state index contributed by atoms with van der Waals surface area (Å²) in [6.45, 7) is 1.76. The van der Waals surface area contributed by atoms with Crippen molar-refractivity contribution in [2.75, 3.05) is 37.8 Å². The lowest BCUT2D eigenvalue weighted by atomic mass is 10.2. The minimum atomic E-state index is 0.528. The van der Waals surface area contributed by atoms with E-state index >= 15 is 0 Å². The van der Waals surface area contributed by atoms with E-state index in [1.807, 2.05) is 38.4 Å². The molecule has 20 heavy (non-hydrogen) atoms. The molecule has 0 bridgehead atoms. The number of amidine groups is 1. The molecule has 0 unspecified atom stereocenters. The van der Waals surface area contributed by atoms with Crippen LogP contribution in [0.3, 0.4) is 0 Å². The maximum atomic E-state index is 8.59. The third-order valence-corrected chi connectivity index (χ3v) is 4.12. The van der Waals surface area contributed by atoms with Gasteiger partial charge in [0.1, 0.15) is 5.69 Å². The number of anilines is 1. The van der Waals surface area contributed by atoms with E-state index in [2.05, 4.69) is 25.8 Å². The van der Waals surface area contributed by atoms with Gasteiger partial charge in [-0.25, -0.2) is 0 Å². The average Bonchev–Trinajstić information content (AvgIpc) is 2.88. The summed E-state index contributed by atoms with van der Waals surface area (Å²) in [7, 11) is 4.01. The Kier molecular flexibility index (Phi) is 5.13. The van der Waals surface area contributed by atoms with Crippen LogP contribution in [-0.4, -0.2) is 42.7 Å². The third kappa shape index (κ3) is 3.81. The van der Waals surface area contributed by atoms with Crippen LogP contribution < -0.4 is 4.90 Å². The van der Waals surface area contributed by atoms with Gasteiger partial charge in [0.25, 0.3) is 0 Å². The third-order valence-electron chi connectivity index (χ3n) is 3.08. The summed E-state index contributed by atoms with van der Waals surface area (Å²) in [5, 5.41) is 18.1. The molecule has 0 spiro atoms. The van der Waals surface area contributed by atoms with Gasteiger partial charge in [0, 0.05) is 25.0 Å². The summed E-state index contributed by atoms with van der Waals surface area (Å²) in [6.07, 6.45) is 0.528. The molecule has 5 nitrogen and oxygen atoms in total. The van der Waals surface area contributed by atoms with Gasteiger partial charge in [0.05, 0.1) is 31.2 Å². The second-order valence-corrected chi connectivity index (χ2v) is 5.66. The van der Waals surface area contributed by atoms with Crippen molar-refractivity contribution in [3.8, 4) is 6.07 Å². The van der Waals surface area contributed by atoms with Gasteiger partial charge >= 0.3 is 5.17 Å². The molecule has 0 fully saturated rings. The summed E-state index contributed by atoms with van der Waals surface area (Å²) >= 11 is 1.73. The molecule has 0 N–H and O–H groups in total. The first kappa shape index (κ1) is 14.5. The van der Waals surface area contributed by atoms with Gasteiger partial charge in [-0.2, -0.15) is 5.26 Å². The summed E-state index contributed by atoms with van der Waals surface area (Å²) in [5.41, 5.74) is 1.93. The Morgan fingerprint density at radius 1 is 1.35 bits per heavy atom. The van der Waals surface area contributed by atoms with Gasteiger partial charge < -0.3 is 4.90 Å². The first-order valence-corrected chi connectivity index (χ1v) is 7.50. The first-order valence-electron chi connectivity index (χ1n) is 6.51. The Labute approximate surface area is 123 Å². The highest BCUT2D eigenvalue weighted by atomic mass is 32.2. The van der Waals surface area contributed by atoms with Crippen LogP contribution >= 0.6 is 11.8 Å². The highest BCUT2D eigenvalue weighted by molar-refractivity contribution is 8.13. The standard InChI is InChI=1S/C14H18N5S/c1-18(9-3-8-15)13-6-4-12(5-7-13)16-17-14-19(2)10-11-20-14/h4-7H,3,9-11H2,1-2H3/q+1. The predicted molar refractivity (Wildman–Crippen MR) is 83.0 cm³/mol. The lowest BCUT2D eigenvalue weighted by Crippen LogP contribution is -2.17. The second kappa shape index (κ2) is 7.06. The summed E-state index contributed by atoms with van der Waals surface area (Å²) in [5.74, 6) is 1.08. The normalized spacial score (nSPS) is 14.8. The van der Waals surface area contributed by atoms with Crippen LogP contribution in [0.4, 0.5) is 11.4 Å². The quantitative estimate of drug-likeness (QED) is 0.632. The Morgan fingerprint density at radius 3 is 2.70 bits per heavy atom. The minimum Gasteiger partial charge on any atom is -0.374 e. The Bertz CT molecular complexity index is 556. The monoisotopic (exact) mass is 288 g/mol. The number of azo groups is 1. The summed E-state index contributed by atoms with van der Waals surface area (Å²) in [4.78, 5) is 2.06. The number of rotatable bonds is 4. The van der Waals surface area contributed by atoms with Crippen molar-refractivity contribution >= 4 is 28.3 Å². The van der Waals surface area contributed by atoms with E-state index in [1.54, 1.807) is 11.8 Å². The molecule has 1 aliphatic heterocycles. The van der Waals surface area contributed by atoms with Crippen LogP contribution in [-0.2, 0) is 0 Å². The van der Waals surface area contributed by atoms with E-state index in [1.165, 1.54) is 0 Å². The number of hydrogen-bond acceptors (Lipinski definition) is 5. The highest BCUT2D eigenvalue weighted by Gasteiger charge is 2.19. The second-order valence-electron chi connectivity index (χ2n) is 4.60. The zero-order valence-electron chi connectivity index (χ0n) is 11.8. The Hall–Kier alpha value is -1.87. The predicted octanol–water partition coefficient (Wildman–Crippen LogP) is 2.87. The van der Waals surface area contributed by atoms with Gasteiger partial charge in [0.2, 0.25) is 0 Å². The first-order chi connectivity index (χ1) is 9.70. The molecular formula is C14H18N5S+. The topological polar surface area (TPSA) is 54.8 Å². The van der Waals surface area contributed by atoms with Crippen LogP contribution in [0.2, 0.25) is 0 Å². The van der Waals surface area contributed by atoms with Crippen LogP contribution in [0.15, 0.2) is 34.5 Å². The van der Waals surface area contributed by atoms with Crippen LogP contribution in [0.1, 0.15) is 6.42 Å². The van der Waals surface area contributed by atoms with Crippen molar-refractivity contribution in [3.05, 3.63) is 24.3 Å². The molecule has 1 aromatic carbocycles. The molecule has 2 rings (SSSR count). The maximum absolute atomic E-state index is 8.59. The van der Waals surface area contributed by atoms with E-state index in [-0.39, 0.29) is 0 Å². The Morgan fingerprint density at radius 2 is 2.10 bits per heavy atom. The van der Waals surface area contributed by atoms with E-state index in [4.69, 9.17) is 5.26 Å². The minimum absolute atomic E-state index is 0.528. The number of thioether (sulfide) groups is 1. The Balaban J connectivity index is 2.00. The highest BCUT2D eigenvalue weighted by Crippen LogP contribution is 2.20. The number of benzene rings is 1. The van der Waals surface area contributed by atoms with E-state index in [0.29, 0.717) is 6.42 Å². The van der Waals surface area contributed by atoms with Crippen LogP contribution in [0.25, 0.3) is 0 Å².